The lowest BCUT2D eigenvalue weighted by atomic mass is 9.90. The molecule has 0 bridgehead atoms. The van der Waals surface area contributed by atoms with Gasteiger partial charge in [-0.05, 0) is 18.3 Å². The molecular weight excluding hydrogens is 235 g/mol. The summed E-state index contributed by atoms with van der Waals surface area (Å²) in [6.07, 6.45) is 6.57. The fourth-order valence-corrected chi connectivity index (χ4v) is 3.02. The van der Waals surface area contributed by atoms with E-state index in [1.165, 1.54) is 25.7 Å². The molecule has 0 aromatic heterocycles. The first-order valence-electron chi connectivity index (χ1n) is 4.63. The zero-order valence-corrected chi connectivity index (χ0v) is 9.70. The first-order chi connectivity index (χ1) is 5.74. The molecule has 70 valence electrons. The van der Waals surface area contributed by atoms with Crippen LogP contribution in [0.3, 0.4) is 0 Å². The maximum absolute atomic E-state index is 5.81. The molecule has 0 nitrogen and oxygen atoms in total. The van der Waals surface area contributed by atoms with E-state index in [4.69, 9.17) is 11.6 Å². The van der Waals surface area contributed by atoms with Gasteiger partial charge < -0.3 is 0 Å². The molecule has 1 rings (SSSR count). The Labute approximate surface area is 88.5 Å². The summed E-state index contributed by atoms with van der Waals surface area (Å²) in [6, 6.07) is 0. The van der Waals surface area contributed by atoms with Crippen molar-refractivity contribution in [3.05, 3.63) is 11.6 Å². The highest BCUT2D eigenvalue weighted by Gasteiger charge is 2.24. The van der Waals surface area contributed by atoms with Crippen LogP contribution in [0.2, 0.25) is 0 Å². The topological polar surface area (TPSA) is 0 Å². The van der Waals surface area contributed by atoms with Gasteiger partial charge in [0.2, 0.25) is 0 Å². The van der Waals surface area contributed by atoms with Gasteiger partial charge in [-0.2, -0.15) is 0 Å². The fourth-order valence-electron chi connectivity index (χ4n) is 2.06. The predicted octanol–water partition coefficient (Wildman–Crippen LogP) is 4.33. The van der Waals surface area contributed by atoms with Crippen molar-refractivity contribution in [1.82, 2.24) is 0 Å². The summed E-state index contributed by atoms with van der Waals surface area (Å²) >= 11 is 9.37. The number of rotatable bonds is 4. The minimum absolute atomic E-state index is 0.720. The predicted molar refractivity (Wildman–Crippen MR) is 58.9 cm³/mol. The Bertz CT molecular complexity index is 150. The summed E-state index contributed by atoms with van der Waals surface area (Å²) in [5, 5.41) is 1.88. The molecule has 12 heavy (non-hydrogen) atoms. The lowest BCUT2D eigenvalue weighted by Gasteiger charge is -2.20. The van der Waals surface area contributed by atoms with E-state index in [-0.39, 0.29) is 0 Å². The molecule has 0 aliphatic heterocycles. The van der Waals surface area contributed by atoms with E-state index in [1.807, 2.05) is 0 Å². The second-order valence-electron chi connectivity index (χ2n) is 3.68. The molecule has 1 saturated carbocycles. The molecule has 1 aliphatic carbocycles. The van der Waals surface area contributed by atoms with Crippen molar-refractivity contribution in [2.75, 3.05) is 5.33 Å². The maximum Gasteiger partial charge on any atom is 0.0112 e. The van der Waals surface area contributed by atoms with Crippen LogP contribution in [0.1, 0.15) is 32.1 Å². The van der Waals surface area contributed by atoms with E-state index in [1.54, 1.807) is 0 Å². The molecule has 0 heterocycles. The van der Waals surface area contributed by atoms with Crippen LogP contribution < -0.4 is 0 Å². The minimum atomic E-state index is 0.720. The first kappa shape index (κ1) is 10.6. The van der Waals surface area contributed by atoms with Gasteiger partial charge in [-0.25, -0.2) is 0 Å². The van der Waals surface area contributed by atoms with Crippen LogP contribution in [-0.4, -0.2) is 5.33 Å². The van der Waals surface area contributed by atoms with E-state index in [0.29, 0.717) is 0 Å². The molecule has 0 aromatic rings. The van der Waals surface area contributed by atoms with Gasteiger partial charge in [0.25, 0.3) is 0 Å². The third-order valence-corrected chi connectivity index (χ3v) is 3.73. The van der Waals surface area contributed by atoms with Crippen LogP contribution in [0.15, 0.2) is 11.6 Å². The maximum atomic E-state index is 5.81. The third-order valence-electron chi connectivity index (χ3n) is 2.75. The smallest absolute Gasteiger partial charge is 0.0112 e. The summed E-state index contributed by atoms with van der Waals surface area (Å²) in [5.74, 6) is 1.61. The number of alkyl halides is 1. The van der Waals surface area contributed by atoms with Crippen molar-refractivity contribution in [2.24, 2.45) is 11.8 Å². The highest BCUT2D eigenvalue weighted by atomic mass is 79.9. The lowest BCUT2D eigenvalue weighted by molar-refractivity contribution is 0.376. The van der Waals surface area contributed by atoms with Crippen LogP contribution >= 0.6 is 27.5 Å². The molecule has 0 radical (unpaired) electrons. The molecule has 0 aromatic carbocycles. The Hall–Kier alpha value is 0.510. The van der Waals surface area contributed by atoms with Crippen molar-refractivity contribution in [3.63, 3.8) is 0 Å². The Balaban J connectivity index is 2.37. The van der Waals surface area contributed by atoms with Crippen molar-refractivity contribution in [1.29, 1.82) is 0 Å². The second kappa shape index (κ2) is 5.29. The lowest BCUT2D eigenvalue weighted by Crippen LogP contribution is -2.13. The Morgan fingerprint density at radius 3 is 2.50 bits per heavy atom. The van der Waals surface area contributed by atoms with E-state index in [2.05, 4.69) is 22.5 Å². The quantitative estimate of drug-likeness (QED) is 0.653. The standard InChI is InChI=1S/C10H16BrCl/c1-8(12)6-10(7-11)9-4-2-3-5-9/h9-10H,1-7H2. The Morgan fingerprint density at radius 1 is 1.50 bits per heavy atom. The number of allylic oxidation sites excluding steroid dienone is 1. The van der Waals surface area contributed by atoms with Crippen molar-refractivity contribution in [2.45, 2.75) is 32.1 Å². The zero-order valence-electron chi connectivity index (χ0n) is 7.36. The van der Waals surface area contributed by atoms with E-state index < -0.39 is 0 Å². The SMILES string of the molecule is C=C(Cl)CC(CBr)C1CCCC1. The first-order valence-corrected chi connectivity index (χ1v) is 6.13. The van der Waals surface area contributed by atoms with Crippen LogP contribution in [0.5, 0.6) is 0 Å². The molecule has 1 aliphatic rings. The van der Waals surface area contributed by atoms with E-state index in [0.717, 1.165) is 28.6 Å². The van der Waals surface area contributed by atoms with Gasteiger partial charge in [0, 0.05) is 10.4 Å². The van der Waals surface area contributed by atoms with E-state index in [9.17, 15) is 0 Å². The van der Waals surface area contributed by atoms with E-state index >= 15 is 0 Å². The molecule has 0 saturated heterocycles. The number of hydrogen-bond donors (Lipinski definition) is 0. The highest BCUT2D eigenvalue weighted by molar-refractivity contribution is 9.09. The van der Waals surface area contributed by atoms with Gasteiger partial charge in [0.15, 0.2) is 0 Å². The molecule has 1 atom stereocenters. The normalized spacial score (nSPS) is 21.2. The number of hydrogen-bond acceptors (Lipinski definition) is 0. The summed E-state index contributed by atoms with van der Waals surface area (Å²) in [5.41, 5.74) is 0. The average molecular weight is 252 g/mol. The molecule has 2 heteroatoms. The van der Waals surface area contributed by atoms with Crippen LogP contribution in [0.25, 0.3) is 0 Å². The summed E-state index contributed by atoms with van der Waals surface area (Å²) in [4.78, 5) is 0. The van der Waals surface area contributed by atoms with Gasteiger partial charge >= 0.3 is 0 Å². The van der Waals surface area contributed by atoms with Crippen molar-refractivity contribution in [3.8, 4) is 0 Å². The van der Waals surface area contributed by atoms with Gasteiger partial charge in [-0.3, -0.25) is 0 Å². The fraction of sp³-hybridized carbons (Fsp3) is 0.800. The molecule has 0 spiro atoms. The molecule has 1 fully saturated rings. The third kappa shape index (κ3) is 3.10. The summed E-state index contributed by atoms with van der Waals surface area (Å²) in [7, 11) is 0. The average Bonchev–Trinajstić information content (AvgIpc) is 2.51. The van der Waals surface area contributed by atoms with Gasteiger partial charge in [-0.1, -0.05) is 59.8 Å². The van der Waals surface area contributed by atoms with Gasteiger partial charge in [0.1, 0.15) is 0 Å². The summed E-state index contributed by atoms with van der Waals surface area (Å²) in [6.45, 7) is 3.76. The molecular formula is C10H16BrCl. The largest absolute Gasteiger partial charge is 0.0925 e. The van der Waals surface area contributed by atoms with Crippen molar-refractivity contribution >= 4 is 27.5 Å². The Morgan fingerprint density at radius 2 is 2.08 bits per heavy atom. The van der Waals surface area contributed by atoms with Crippen LogP contribution in [-0.2, 0) is 0 Å². The second-order valence-corrected chi connectivity index (χ2v) is 4.86. The summed E-state index contributed by atoms with van der Waals surface area (Å²) < 4.78 is 0. The van der Waals surface area contributed by atoms with Gasteiger partial charge in [0.05, 0.1) is 0 Å². The minimum Gasteiger partial charge on any atom is -0.0925 e. The van der Waals surface area contributed by atoms with Crippen LogP contribution in [0.4, 0.5) is 0 Å². The monoisotopic (exact) mass is 250 g/mol. The highest BCUT2D eigenvalue weighted by Crippen LogP contribution is 2.35. The van der Waals surface area contributed by atoms with Crippen LogP contribution in [0, 0.1) is 11.8 Å². The Kier molecular flexibility index (Phi) is 4.66. The van der Waals surface area contributed by atoms with Gasteiger partial charge in [-0.15, -0.1) is 0 Å². The van der Waals surface area contributed by atoms with Crippen molar-refractivity contribution < 1.29 is 0 Å². The molecule has 1 unspecified atom stereocenters. The zero-order chi connectivity index (χ0) is 8.97. The molecule has 0 amide bonds. The molecule has 0 N–H and O–H groups in total. The number of halogens is 2.